The summed E-state index contributed by atoms with van der Waals surface area (Å²) < 4.78 is 2.08. The molecule has 2 aliphatic rings. The summed E-state index contributed by atoms with van der Waals surface area (Å²) in [5, 5.41) is 8.16. The molecule has 1 aromatic heterocycles. The van der Waals surface area contributed by atoms with Gasteiger partial charge >= 0.3 is 0 Å². The number of aromatic nitrogens is 3. The van der Waals surface area contributed by atoms with Gasteiger partial charge in [-0.15, -0.1) is 0 Å². The molecule has 2 heterocycles. The Labute approximate surface area is 128 Å². The van der Waals surface area contributed by atoms with E-state index in [2.05, 4.69) is 45.8 Å². The number of aryl methyl sites for hydroxylation is 1. The molecule has 1 aliphatic carbocycles. The fourth-order valence-electron chi connectivity index (χ4n) is 3.45. The third-order valence-corrected chi connectivity index (χ3v) is 5.18. The van der Waals surface area contributed by atoms with Crippen LogP contribution >= 0.6 is 0 Å². The van der Waals surface area contributed by atoms with E-state index in [1.54, 1.807) is 6.33 Å². The van der Waals surface area contributed by atoms with Crippen molar-refractivity contribution in [3.63, 3.8) is 0 Å². The van der Waals surface area contributed by atoms with Crippen LogP contribution in [0.2, 0.25) is 0 Å². The second-order valence-corrected chi connectivity index (χ2v) is 7.00. The summed E-state index contributed by atoms with van der Waals surface area (Å²) in [4.78, 5) is 7.17. The molecule has 2 fully saturated rings. The Morgan fingerprint density at radius 3 is 2.86 bits per heavy atom. The van der Waals surface area contributed by atoms with Crippen molar-refractivity contribution in [2.24, 2.45) is 5.92 Å². The Morgan fingerprint density at radius 1 is 1.38 bits per heavy atom. The van der Waals surface area contributed by atoms with Crippen LogP contribution in [0.15, 0.2) is 6.33 Å². The lowest BCUT2D eigenvalue weighted by atomic mass is 9.92. The topological polar surface area (TPSA) is 46.0 Å². The fourth-order valence-corrected chi connectivity index (χ4v) is 3.45. The summed E-state index contributed by atoms with van der Waals surface area (Å²) in [6.07, 6.45) is 6.78. The van der Waals surface area contributed by atoms with Crippen LogP contribution in [0.3, 0.4) is 0 Å². The summed E-state index contributed by atoms with van der Waals surface area (Å²) >= 11 is 0. The van der Waals surface area contributed by atoms with Crippen molar-refractivity contribution in [2.75, 3.05) is 13.1 Å². The van der Waals surface area contributed by atoms with Gasteiger partial charge in [0.15, 0.2) is 0 Å². The van der Waals surface area contributed by atoms with Gasteiger partial charge in [0, 0.05) is 31.2 Å². The van der Waals surface area contributed by atoms with Gasteiger partial charge < -0.3 is 5.32 Å². The summed E-state index contributed by atoms with van der Waals surface area (Å²) in [7, 11) is 0. The lowest BCUT2D eigenvalue weighted by Gasteiger charge is -2.46. The highest BCUT2D eigenvalue weighted by Gasteiger charge is 2.42. The smallest absolute Gasteiger partial charge is 0.141 e. The molecule has 0 radical (unpaired) electrons. The van der Waals surface area contributed by atoms with Crippen molar-refractivity contribution in [3.05, 3.63) is 12.2 Å². The van der Waals surface area contributed by atoms with Gasteiger partial charge in [0.05, 0.1) is 6.54 Å². The number of hydrogen-bond acceptors (Lipinski definition) is 4. The van der Waals surface area contributed by atoms with Crippen LogP contribution in [0.4, 0.5) is 0 Å². The number of hydrogen-bond donors (Lipinski definition) is 1. The second-order valence-electron chi connectivity index (χ2n) is 7.00. The maximum atomic E-state index is 4.51. The van der Waals surface area contributed by atoms with Crippen molar-refractivity contribution >= 4 is 0 Å². The normalized spacial score (nSPS) is 30.7. The predicted molar refractivity (Wildman–Crippen MR) is 83.9 cm³/mol. The molecule has 0 amide bonds. The number of piperazine rings is 1. The van der Waals surface area contributed by atoms with E-state index in [-0.39, 0.29) is 5.54 Å². The maximum absolute atomic E-state index is 4.51. The van der Waals surface area contributed by atoms with Gasteiger partial charge in [-0.05, 0) is 38.5 Å². The summed E-state index contributed by atoms with van der Waals surface area (Å²) in [6.45, 7) is 11.0. The molecule has 3 rings (SSSR count). The molecule has 0 spiro atoms. The van der Waals surface area contributed by atoms with Crippen LogP contribution in [-0.2, 0) is 13.1 Å². The monoisotopic (exact) mass is 291 g/mol. The minimum Gasteiger partial charge on any atom is -0.309 e. The van der Waals surface area contributed by atoms with E-state index in [0.717, 1.165) is 44.3 Å². The zero-order valence-corrected chi connectivity index (χ0v) is 13.7. The quantitative estimate of drug-likeness (QED) is 0.871. The average Bonchev–Trinajstić information content (AvgIpc) is 3.22. The van der Waals surface area contributed by atoms with Gasteiger partial charge in [-0.3, -0.25) is 4.90 Å². The van der Waals surface area contributed by atoms with E-state index in [1.165, 1.54) is 19.3 Å². The molecular weight excluding hydrogens is 262 g/mol. The first-order valence-corrected chi connectivity index (χ1v) is 8.51. The zero-order valence-electron chi connectivity index (χ0n) is 13.7. The van der Waals surface area contributed by atoms with E-state index in [1.807, 2.05) is 0 Å². The van der Waals surface area contributed by atoms with Gasteiger partial charge in [0.2, 0.25) is 0 Å². The second kappa shape index (κ2) is 6.05. The Balaban J connectivity index is 1.74. The fraction of sp³-hybridized carbons (Fsp3) is 0.875. The highest BCUT2D eigenvalue weighted by molar-refractivity contribution is 5.01. The molecule has 2 atom stereocenters. The molecule has 0 bridgehead atoms. The Morgan fingerprint density at radius 2 is 2.19 bits per heavy atom. The standard InChI is InChI=1S/C16H29N5/c1-4-8-21-15(17-12-19-21)10-20-11-16(3,5-2)18-9-14(20)13-6-7-13/h12-14,18H,4-11H2,1-3H3. The van der Waals surface area contributed by atoms with E-state index < -0.39 is 0 Å². The van der Waals surface area contributed by atoms with E-state index in [0.29, 0.717) is 6.04 Å². The minimum atomic E-state index is 0.237. The largest absolute Gasteiger partial charge is 0.309 e. The molecule has 1 saturated carbocycles. The Kier molecular flexibility index (Phi) is 4.31. The van der Waals surface area contributed by atoms with Crippen LogP contribution in [-0.4, -0.2) is 44.3 Å². The van der Waals surface area contributed by atoms with Crippen molar-refractivity contribution < 1.29 is 0 Å². The molecule has 1 aromatic rings. The SMILES string of the molecule is CCCn1ncnc1CN1CC(C)(CC)NCC1C1CC1. The third kappa shape index (κ3) is 3.29. The first-order chi connectivity index (χ1) is 10.1. The molecule has 2 unspecified atom stereocenters. The summed E-state index contributed by atoms with van der Waals surface area (Å²) in [6, 6.07) is 0.677. The molecule has 21 heavy (non-hydrogen) atoms. The van der Waals surface area contributed by atoms with Gasteiger partial charge in [-0.2, -0.15) is 5.10 Å². The van der Waals surface area contributed by atoms with Crippen LogP contribution in [0.5, 0.6) is 0 Å². The minimum absolute atomic E-state index is 0.237. The Bertz CT molecular complexity index is 467. The lowest BCUT2D eigenvalue weighted by molar-refractivity contribution is 0.0627. The van der Waals surface area contributed by atoms with Crippen molar-refractivity contribution in [3.8, 4) is 0 Å². The van der Waals surface area contributed by atoms with Gasteiger partial charge in [-0.1, -0.05) is 13.8 Å². The third-order valence-electron chi connectivity index (χ3n) is 5.18. The zero-order chi connectivity index (χ0) is 14.9. The average molecular weight is 291 g/mol. The first-order valence-electron chi connectivity index (χ1n) is 8.51. The van der Waals surface area contributed by atoms with E-state index >= 15 is 0 Å². The van der Waals surface area contributed by atoms with Crippen LogP contribution in [0, 0.1) is 5.92 Å². The molecule has 1 N–H and O–H groups in total. The van der Waals surface area contributed by atoms with Crippen molar-refractivity contribution in [1.29, 1.82) is 0 Å². The van der Waals surface area contributed by atoms with Crippen LogP contribution < -0.4 is 5.32 Å². The van der Waals surface area contributed by atoms with E-state index in [4.69, 9.17) is 0 Å². The van der Waals surface area contributed by atoms with Crippen LogP contribution in [0.1, 0.15) is 52.3 Å². The van der Waals surface area contributed by atoms with Crippen molar-refractivity contribution in [1.82, 2.24) is 25.0 Å². The number of nitrogens with one attached hydrogen (secondary N) is 1. The first kappa shape index (κ1) is 15.0. The lowest BCUT2D eigenvalue weighted by Crippen LogP contribution is -2.63. The highest BCUT2D eigenvalue weighted by Crippen LogP contribution is 2.38. The predicted octanol–water partition coefficient (Wildman–Crippen LogP) is 2.04. The molecule has 1 aliphatic heterocycles. The summed E-state index contributed by atoms with van der Waals surface area (Å²) in [5.41, 5.74) is 0.237. The van der Waals surface area contributed by atoms with Crippen LogP contribution in [0.25, 0.3) is 0 Å². The molecule has 118 valence electrons. The van der Waals surface area contributed by atoms with Gasteiger partial charge in [0.1, 0.15) is 12.2 Å². The van der Waals surface area contributed by atoms with E-state index in [9.17, 15) is 0 Å². The highest BCUT2D eigenvalue weighted by atomic mass is 15.4. The van der Waals surface area contributed by atoms with Gasteiger partial charge in [-0.25, -0.2) is 9.67 Å². The maximum Gasteiger partial charge on any atom is 0.141 e. The summed E-state index contributed by atoms with van der Waals surface area (Å²) in [5.74, 6) is 2.02. The Hall–Kier alpha value is -0.940. The molecule has 1 saturated heterocycles. The molecule has 0 aromatic carbocycles. The number of nitrogens with zero attached hydrogens (tertiary/aromatic N) is 4. The van der Waals surface area contributed by atoms with Crippen molar-refractivity contribution in [2.45, 2.75) is 71.1 Å². The number of rotatable bonds is 6. The molecular formula is C16H29N5. The molecule has 5 heteroatoms. The molecule has 5 nitrogen and oxygen atoms in total. The van der Waals surface area contributed by atoms with Gasteiger partial charge in [0.25, 0.3) is 0 Å².